The van der Waals surface area contributed by atoms with Gasteiger partial charge in [0.2, 0.25) is 0 Å². The molecule has 0 saturated carbocycles. The molecule has 4 rings (SSSR count). The number of esters is 4. The zero-order valence-corrected chi connectivity index (χ0v) is 29.4. The van der Waals surface area contributed by atoms with Gasteiger partial charge in [-0.2, -0.15) is 0 Å². The quantitative estimate of drug-likeness (QED) is 0.180. The number of hydrogen-bond donors (Lipinski definition) is 1. The number of anilines is 1. The van der Waals surface area contributed by atoms with Crippen LogP contribution in [0.2, 0.25) is 0 Å². The molecule has 5 atom stereocenters. The molecule has 0 radical (unpaired) electrons. The number of ether oxygens (including phenoxy) is 6. The smallest absolute Gasteiger partial charge is 0.336 e. The Hall–Kier alpha value is -5.44. The number of methoxy groups -OCH3 is 1. The summed E-state index contributed by atoms with van der Waals surface area (Å²) in [5.74, 6) is -2.06. The van der Waals surface area contributed by atoms with Crippen LogP contribution in [0, 0.1) is 0 Å². The molecule has 0 amide bonds. The highest BCUT2D eigenvalue weighted by molar-refractivity contribution is 5.86. The molecule has 1 aromatic heterocycles. The number of nitrogens with zero attached hydrogens (tertiary/aromatic N) is 2. The Morgan fingerprint density at radius 3 is 2.12 bits per heavy atom. The van der Waals surface area contributed by atoms with Crippen LogP contribution in [0.15, 0.2) is 76.4 Å². The summed E-state index contributed by atoms with van der Waals surface area (Å²) in [6.07, 6.45) is -4.09. The largest absolute Gasteiger partial charge is 0.497 e. The first kappa shape index (κ1) is 38.4. The van der Waals surface area contributed by atoms with E-state index in [2.05, 4.69) is 5.32 Å². The van der Waals surface area contributed by atoms with Crippen LogP contribution < -0.4 is 21.3 Å². The second-order valence-electron chi connectivity index (χ2n) is 12.2. The first-order valence-electron chi connectivity index (χ1n) is 16.4. The normalized spacial score (nSPS) is 19.4. The summed E-state index contributed by atoms with van der Waals surface area (Å²) in [4.78, 5) is 76.8. The predicted octanol–water partition coefficient (Wildman–Crippen LogP) is 3.08. The van der Waals surface area contributed by atoms with E-state index < -0.39 is 71.3 Å². The molecule has 0 unspecified atom stereocenters. The molecule has 15 nitrogen and oxygen atoms in total. The van der Waals surface area contributed by atoms with Crippen molar-refractivity contribution in [2.24, 2.45) is 0 Å². The van der Waals surface area contributed by atoms with Crippen LogP contribution in [-0.2, 0) is 54.9 Å². The number of carbonyl (C=O) groups excluding carboxylic acids is 4. The Kier molecular flexibility index (Phi) is 12.8. The Morgan fingerprint density at radius 2 is 1.53 bits per heavy atom. The molecule has 1 aliphatic rings. The summed E-state index contributed by atoms with van der Waals surface area (Å²) in [6.45, 7) is 6.43. The van der Waals surface area contributed by atoms with Crippen LogP contribution in [-0.4, -0.2) is 71.1 Å². The van der Waals surface area contributed by atoms with Gasteiger partial charge in [0, 0.05) is 45.3 Å². The van der Waals surface area contributed by atoms with Crippen LogP contribution in [0.1, 0.15) is 59.3 Å². The van der Waals surface area contributed by atoms with Gasteiger partial charge in [0.25, 0.3) is 5.56 Å². The number of benzene rings is 2. The summed E-state index contributed by atoms with van der Waals surface area (Å²) < 4.78 is 35.0. The maximum absolute atomic E-state index is 14.0. The van der Waals surface area contributed by atoms with Gasteiger partial charge in [-0.1, -0.05) is 30.3 Å². The average Bonchev–Trinajstić information content (AvgIpc) is 3.39. The summed E-state index contributed by atoms with van der Waals surface area (Å²) in [5, 5.41) is 3.36. The molecule has 1 fully saturated rings. The lowest BCUT2D eigenvalue weighted by molar-refractivity contribution is -0.166. The molecule has 3 aromatic rings. The van der Waals surface area contributed by atoms with E-state index in [0.29, 0.717) is 17.0 Å². The van der Waals surface area contributed by atoms with Crippen molar-refractivity contribution in [1.82, 2.24) is 9.13 Å². The van der Waals surface area contributed by atoms with E-state index in [1.54, 1.807) is 69.5 Å². The van der Waals surface area contributed by atoms with Gasteiger partial charge in [0.15, 0.2) is 24.0 Å². The monoisotopic (exact) mass is 709 g/mol. The molecule has 15 heteroatoms. The molecule has 0 bridgehead atoms. The number of nitrogens with one attached hydrogen (secondary N) is 1. The third kappa shape index (κ3) is 9.42. The summed E-state index contributed by atoms with van der Waals surface area (Å²) in [7, 11) is 1.55. The van der Waals surface area contributed by atoms with Crippen LogP contribution in [0.5, 0.6) is 5.75 Å². The summed E-state index contributed by atoms with van der Waals surface area (Å²) in [6, 6.07) is 17.1. The summed E-state index contributed by atoms with van der Waals surface area (Å²) >= 11 is 0. The molecule has 1 saturated heterocycles. The van der Waals surface area contributed by atoms with E-state index >= 15 is 0 Å². The fraction of sp³-hybridized carbons (Fsp3) is 0.444. The van der Waals surface area contributed by atoms with Crippen molar-refractivity contribution < 1.29 is 47.6 Å². The lowest BCUT2D eigenvalue weighted by atomic mass is 9.84. The van der Waals surface area contributed by atoms with Crippen LogP contribution in [0.4, 0.5) is 5.69 Å². The second kappa shape index (κ2) is 17.0. The highest BCUT2D eigenvalue weighted by Crippen LogP contribution is 2.35. The van der Waals surface area contributed by atoms with Gasteiger partial charge >= 0.3 is 29.6 Å². The standard InChI is InChI=1S/C36H43N3O12/c1-22(2)48-34(44)36(26-11-8-7-9-12-26,37-27-13-15-28(46-6)16-14-27)18-10-19-38-30(43)17-20-39(35(38)45)33-32(50-25(5)42)31(49-24(4)41)29(51-33)21-47-23(3)40/h7-9,11-17,20,22,29,31-33,37H,10,18-19,21H2,1-6H3/t29-,31-,32-,33-,36+/m1/s1. The Morgan fingerprint density at radius 1 is 0.882 bits per heavy atom. The average molecular weight is 710 g/mol. The van der Waals surface area contributed by atoms with E-state index in [1.165, 1.54) is 13.1 Å². The third-order valence-corrected chi connectivity index (χ3v) is 8.05. The van der Waals surface area contributed by atoms with Crippen molar-refractivity contribution in [2.45, 2.75) is 90.2 Å². The Balaban J connectivity index is 1.70. The van der Waals surface area contributed by atoms with Crippen molar-refractivity contribution in [3.05, 3.63) is 93.3 Å². The molecular formula is C36H43N3O12. The van der Waals surface area contributed by atoms with Crippen molar-refractivity contribution >= 4 is 29.6 Å². The van der Waals surface area contributed by atoms with Crippen LogP contribution in [0.25, 0.3) is 0 Å². The third-order valence-electron chi connectivity index (χ3n) is 8.05. The van der Waals surface area contributed by atoms with Crippen LogP contribution in [0.3, 0.4) is 0 Å². The lowest BCUT2D eigenvalue weighted by Crippen LogP contribution is -2.47. The molecule has 274 valence electrons. The van der Waals surface area contributed by atoms with E-state index in [1.807, 2.05) is 6.07 Å². The van der Waals surface area contributed by atoms with Crippen LogP contribution >= 0.6 is 0 Å². The van der Waals surface area contributed by atoms with Crippen molar-refractivity contribution in [3.63, 3.8) is 0 Å². The van der Waals surface area contributed by atoms with Crippen molar-refractivity contribution in [2.75, 3.05) is 19.0 Å². The topological polar surface area (TPSA) is 180 Å². The molecule has 2 aromatic carbocycles. The zero-order valence-electron chi connectivity index (χ0n) is 29.4. The van der Waals surface area contributed by atoms with Gasteiger partial charge in [-0.25, -0.2) is 9.59 Å². The van der Waals surface area contributed by atoms with E-state index in [9.17, 15) is 28.8 Å². The van der Waals surface area contributed by atoms with E-state index in [4.69, 9.17) is 28.4 Å². The fourth-order valence-electron chi connectivity index (χ4n) is 5.86. The molecule has 1 N–H and O–H groups in total. The molecule has 0 aliphatic carbocycles. The van der Waals surface area contributed by atoms with E-state index in [-0.39, 0.29) is 26.0 Å². The van der Waals surface area contributed by atoms with E-state index in [0.717, 1.165) is 29.0 Å². The SMILES string of the molecule is COc1ccc(N[C@](CCCn2c(=O)ccn([C@@H]3O[C@H](COC(C)=O)[C@@H](OC(C)=O)[C@H]3OC(C)=O)c2=O)(C(=O)OC(C)C)c2ccccc2)cc1. The highest BCUT2D eigenvalue weighted by Gasteiger charge is 2.51. The number of rotatable bonds is 15. The fourth-order valence-corrected chi connectivity index (χ4v) is 5.86. The maximum Gasteiger partial charge on any atom is 0.336 e. The number of aromatic nitrogens is 2. The number of hydrogen-bond acceptors (Lipinski definition) is 13. The van der Waals surface area contributed by atoms with Gasteiger partial charge in [-0.3, -0.25) is 28.3 Å². The first-order valence-corrected chi connectivity index (χ1v) is 16.4. The minimum atomic E-state index is -1.44. The predicted molar refractivity (Wildman–Crippen MR) is 182 cm³/mol. The lowest BCUT2D eigenvalue weighted by Gasteiger charge is -2.35. The van der Waals surface area contributed by atoms with Crippen molar-refractivity contribution in [1.29, 1.82) is 0 Å². The molecule has 0 spiro atoms. The summed E-state index contributed by atoms with van der Waals surface area (Å²) in [5.41, 5.74) is -1.70. The zero-order chi connectivity index (χ0) is 37.3. The minimum Gasteiger partial charge on any atom is -0.497 e. The Labute approximate surface area is 294 Å². The second-order valence-corrected chi connectivity index (χ2v) is 12.2. The minimum absolute atomic E-state index is 0.0877. The molecular weight excluding hydrogens is 666 g/mol. The van der Waals surface area contributed by atoms with Gasteiger partial charge in [0.05, 0.1) is 13.2 Å². The molecule has 1 aliphatic heterocycles. The maximum atomic E-state index is 14.0. The molecule has 51 heavy (non-hydrogen) atoms. The molecule has 2 heterocycles. The first-order chi connectivity index (χ1) is 24.2. The van der Waals surface area contributed by atoms with Crippen molar-refractivity contribution in [3.8, 4) is 5.75 Å². The number of carbonyl (C=O) groups is 4. The van der Waals surface area contributed by atoms with Gasteiger partial charge in [0.1, 0.15) is 18.5 Å². The highest BCUT2D eigenvalue weighted by atomic mass is 16.7. The van der Waals surface area contributed by atoms with Gasteiger partial charge in [-0.05, 0) is 56.5 Å². The van der Waals surface area contributed by atoms with Gasteiger partial charge in [-0.15, -0.1) is 0 Å². The Bertz CT molecular complexity index is 1800. The van der Waals surface area contributed by atoms with Gasteiger partial charge < -0.3 is 33.7 Å².